The van der Waals surface area contributed by atoms with Crippen LogP contribution in [0.2, 0.25) is 0 Å². The summed E-state index contributed by atoms with van der Waals surface area (Å²) in [6.07, 6.45) is 2.94. The third kappa shape index (κ3) is 3.61. The number of aromatic nitrogens is 1. The predicted octanol–water partition coefficient (Wildman–Crippen LogP) is 1.52. The summed E-state index contributed by atoms with van der Waals surface area (Å²) in [6, 6.07) is 6.08. The highest BCUT2D eigenvalue weighted by Crippen LogP contribution is 2.18. The maximum absolute atomic E-state index is 12.2. The fraction of sp³-hybridized carbons (Fsp3) is 0.167. The number of nitrogens with two attached hydrogens (primary N) is 1. The second-order valence-electron chi connectivity index (χ2n) is 3.91. The quantitative estimate of drug-likeness (QED) is 0.475. The van der Waals surface area contributed by atoms with E-state index < -0.39 is 9.84 Å². The molecule has 1 aromatic heterocycles. The Morgan fingerprint density at radius 2 is 2.25 bits per heavy atom. The largest absolute Gasteiger partial charge is 0.440 e. The van der Waals surface area contributed by atoms with E-state index in [-0.39, 0.29) is 16.5 Å². The molecule has 0 bridgehead atoms. The van der Waals surface area contributed by atoms with E-state index in [0.29, 0.717) is 16.5 Å². The fourth-order valence-corrected chi connectivity index (χ4v) is 3.97. The molecule has 2 rings (SSSR count). The molecule has 0 unspecified atom stereocenters. The van der Waals surface area contributed by atoms with Gasteiger partial charge in [-0.3, -0.25) is 5.41 Å². The van der Waals surface area contributed by atoms with Crippen molar-refractivity contribution in [1.82, 2.24) is 4.98 Å². The number of oxazole rings is 1. The van der Waals surface area contributed by atoms with Gasteiger partial charge in [0.2, 0.25) is 0 Å². The molecule has 20 heavy (non-hydrogen) atoms. The SMILES string of the molecule is N=C(N)c1cccc(S(=O)(=O)CCSc2ncco2)c1. The molecule has 8 heteroatoms. The van der Waals surface area contributed by atoms with Gasteiger partial charge in [-0.15, -0.1) is 0 Å². The van der Waals surface area contributed by atoms with Crippen LogP contribution in [0.5, 0.6) is 0 Å². The van der Waals surface area contributed by atoms with Crippen molar-refractivity contribution < 1.29 is 12.8 Å². The Bertz CT molecular complexity index is 696. The van der Waals surface area contributed by atoms with Crippen LogP contribution in [0.15, 0.2) is 51.3 Å². The molecule has 0 atom stereocenters. The molecule has 2 aromatic rings. The van der Waals surface area contributed by atoms with Crippen LogP contribution in [-0.2, 0) is 9.84 Å². The van der Waals surface area contributed by atoms with Crippen LogP contribution in [0.25, 0.3) is 0 Å². The lowest BCUT2D eigenvalue weighted by Crippen LogP contribution is -2.13. The van der Waals surface area contributed by atoms with Crippen molar-refractivity contribution in [3.8, 4) is 0 Å². The second kappa shape index (κ2) is 6.10. The number of thioether (sulfide) groups is 1. The fourth-order valence-electron chi connectivity index (χ4n) is 1.50. The summed E-state index contributed by atoms with van der Waals surface area (Å²) in [5, 5.41) is 7.77. The van der Waals surface area contributed by atoms with Crippen LogP contribution in [0.3, 0.4) is 0 Å². The highest BCUT2D eigenvalue weighted by atomic mass is 32.2. The normalized spacial score (nSPS) is 11.4. The van der Waals surface area contributed by atoms with Gasteiger partial charge in [-0.05, 0) is 12.1 Å². The van der Waals surface area contributed by atoms with E-state index in [9.17, 15) is 8.42 Å². The number of sulfone groups is 1. The number of hydrogen-bond donors (Lipinski definition) is 2. The van der Waals surface area contributed by atoms with E-state index in [1.54, 1.807) is 12.1 Å². The van der Waals surface area contributed by atoms with Crippen LogP contribution < -0.4 is 5.73 Å². The number of hydrogen-bond acceptors (Lipinski definition) is 6. The van der Waals surface area contributed by atoms with Gasteiger partial charge in [0.1, 0.15) is 12.1 Å². The molecule has 0 aliphatic carbocycles. The summed E-state index contributed by atoms with van der Waals surface area (Å²) >= 11 is 1.24. The Morgan fingerprint density at radius 1 is 1.45 bits per heavy atom. The average molecular weight is 311 g/mol. The smallest absolute Gasteiger partial charge is 0.255 e. The Morgan fingerprint density at radius 3 is 2.90 bits per heavy atom. The molecular formula is C12H13N3O3S2. The lowest BCUT2D eigenvalue weighted by Gasteiger charge is -2.05. The molecule has 0 spiro atoms. The average Bonchev–Trinajstić information content (AvgIpc) is 2.92. The van der Waals surface area contributed by atoms with E-state index in [1.807, 2.05) is 0 Å². The molecule has 0 saturated heterocycles. The van der Waals surface area contributed by atoms with E-state index in [2.05, 4.69) is 4.98 Å². The molecule has 0 radical (unpaired) electrons. The Hall–Kier alpha value is -1.80. The van der Waals surface area contributed by atoms with E-state index in [4.69, 9.17) is 15.6 Å². The lowest BCUT2D eigenvalue weighted by atomic mass is 10.2. The van der Waals surface area contributed by atoms with Crippen molar-refractivity contribution in [3.05, 3.63) is 42.3 Å². The molecule has 106 valence electrons. The molecule has 1 aromatic carbocycles. The zero-order valence-corrected chi connectivity index (χ0v) is 12.1. The summed E-state index contributed by atoms with van der Waals surface area (Å²) in [7, 11) is -3.41. The number of nitrogens with one attached hydrogen (secondary N) is 1. The van der Waals surface area contributed by atoms with Gasteiger partial charge in [-0.2, -0.15) is 0 Å². The van der Waals surface area contributed by atoms with Crippen LogP contribution >= 0.6 is 11.8 Å². The van der Waals surface area contributed by atoms with Crippen LogP contribution in [0, 0.1) is 5.41 Å². The molecule has 3 N–H and O–H groups in total. The van der Waals surface area contributed by atoms with E-state index in [0.717, 1.165) is 0 Å². The number of rotatable bonds is 6. The third-order valence-electron chi connectivity index (χ3n) is 2.49. The van der Waals surface area contributed by atoms with Gasteiger partial charge < -0.3 is 10.2 Å². The van der Waals surface area contributed by atoms with Gasteiger partial charge in [0.25, 0.3) is 5.22 Å². The number of benzene rings is 1. The summed E-state index contributed by atoms with van der Waals surface area (Å²) in [6.45, 7) is 0. The molecule has 0 fully saturated rings. The number of nitrogens with zero attached hydrogens (tertiary/aromatic N) is 1. The number of nitrogen functional groups attached to an aromatic ring is 1. The van der Waals surface area contributed by atoms with Gasteiger partial charge >= 0.3 is 0 Å². The second-order valence-corrected chi connectivity index (χ2v) is 7.06. The maximum atomic E-state index is 12.2. The van der Waals surface area contributed by atoms with Crippen molar-refractivity contribution in [2.45, 2.75) is 10.1 Å². The minimum atomic E-state index is -3.41. The van der Waals surface area contributed by atoms with Gasteiger partial charge in [0.05, 0.1) is 16.8 Å². The molecule has 6 nitrogen and oxygen atoms in total. The van der Waals surface area contributed by atoms with Crippen molar-refractivity contribution in [2.75, 3.05) is 11.5 Å². The van der Waals surface area contributed by atoms with Crippen LogP contribution in [0.1, 0.15) is 5.56 Å². The molecule has 0 saturated carbocycles. The molecule has 1 heterocycles. The van der Waals surface area contributed by atoms with Gasteiger partial charge in [0.15, 0.2) is 9.84 Å². The minimum absolute atomic E-state index is 0.0403. The monoisotopic (exact) mass is 311 g/mol. The maximum Gasteiger partial charge on any atom is 0.255 e. The Balaban J connectivity index is 2.06. The van der Waals surface area contributed by atoms with Crippen LogP contribution in [-0.4, -0.2) is 30.7 Å². The van der Waals surface area contributed by atoms with Crippen LogP contribution in [0.4, 0.5) is 0 Å². The first-order valence-corrected chi connectivity index (χ1v) is 8.32. The zero-order chi connectivity index (χ0) is 14.6. The molecule has 0 aliphatic heterocycles. The third-order valence-corrected chi connectivity index (χ3v) is 5.32. The molecule has 0 aliphatic rings. The summed E-state index contributed by atoms with van der Waals surface area (Å²) in [5.74, 6) is 0.144. The van der Waals surface area contributed by atoms with Crippen molar-refractivity contribution in [1.29, 1.82) is 5.41 Å². The molecule has 0 amide bonds. The highest BCUT2D eigenvalue weighted by Gasteiger charge is 2.15. The first-order chi connectivity index (χ1) is 9.49. The Labute approximate surface area is 120 Å². The predicted molar refractivity (Wildman–Crippen MR) is 76.7 cm³/mol. The number of amidine groups is 1. The van der Waals surface area contributed by atoms with E-state index >= 15 is 0 Å². The lowest BCUT2D eigenvalue weighted by molar-refractivity contribution is 0.454. The summed E-state index contributed by atoms with van der Waals surface area (Å²) < 4.78 is 29.3. The van der Waals surface area contributed by atoms with Gasteiger partial charge in [-0.25, -0.2) is 13.4 Å². The van der Waals surface area contributed by atoms with Gasteiger partial charge in [-0.1, -0.05) is 23.9 Å². The van der Waals surface area contributed by atoms with E-state index in [1.165, 1.54) is 36.4 Å². The first kappa shape index (κ1) is 14.6. The zero-order valence-electron chi connectivity index (χ0n) is 10.4. The Kier molecular flexibility index (Phi) is 4.46. The standard InChI is InChI=1S/C12H13N3O3S2/c13-11(14)9-2-1-3-10(8-9)20(16,17)7-6-19-12-15-4-5-18-12/h1-5,8H,6-7H2,(H3,13,14). The first-order valence-electron chi connectivity index (χ1n) is 5.68. The summed E-state index contributed by atoms with van der Waals surface area (Å²) in [5.41, 5.74) is 5.75. The van der Waals surface area contributed by atoms with Crippen molar-refractivity contribution >= 4 is 27.4 Å². The topological polar surface area (TPSA) is 110 Å². The minimum Gasteiger partial charge on any atom is -0.440 e. The highest BCUT2D eigenvalue weighted by molar-refractivity contribution is 8.00. The molecular weight excluding hydrogens is 298 g/mol. The van der Waals surface area contributed by atoms with Crippen molar-refractivity contribution in [2.24, 2.45) is 5.73 Å². The van der Waals surface area contributed by atoms with Gasteiger partial charge in [0, 0.05) is 11.3 Å². The summed E-state index contributed by atoms with van der Waals surface area (Å²) in [4.78, 5) is 4.07. The van der Waals surface area contributed by atoms with Crippen molar-refractivity contribution in [3.63, 3.8) is 0 Å².